The standard InChI is InChI=1S/C14H22N6OS2/c1-5-7-15-13-18-19-14(23-13)22-10(4)12(21)17-11-6-8-16-20(11)9(2)3/h6,8-10H,5,7H2,1-4H3,(H,15,18)(H,17,21). The fourth-order valence-corrected chi connectivity index (χ4v) is 3.74. The first kappa shape index (κ1) is 17.7. The molecule has 1 amide bonds. The zero-order chi connectivity index (χ0) is 16.8. The van der Waals surface area contributed by atoms with E-state index in [9.17, 15) is 4.79 Å². The van der Waals surface area contributed by atoms with Crippen LogP contribution in [0, 0.1) is 0 Å². The number of hydrogen-bond donors (Lipinski definition) is 2. The maximum atomic E-state index is 12.3. The van der Waals surface area contributed by atoms with Crippen molar-refractivity contribution < 1.29 is 4.79 Å². The Morgan fingerprint density at radius 3 is 2.87 bits per heavy atom. The van der Waals surface area contributed by atoms with Crippen molar-refractivity contribution in [2.24, 2.45) is 0 Å². The lowest BCUT2D eigenvalue weighted by molar-refractivity contribution is -0.115. The highest BCUT2D eigenvalue weighted by molar-refractivity contribution is 8.02. The number of thioether (sulfide) groups is 1. The molecule has 7 nitrogen and oxygen atoms in total. The van der Waals surface area contributed by atoms with Crippen LogP contribution in [0.2, 0.25) is 0 Å². The third-order valence-corrected chi connectivity index (χ3v) is 5.06. The van der Waals surface area contributed by atoms with E-state index in [0.29, 0.717) is 5.82 Å². The largest absolute Gasteiger partial charge is 0.360 e. The van der Waals surface area contributed by atoms with Gasteiger partial charge in [-0.2, -0.15) is 5.10 Å². The molecule has 0 aliphatic carbocycles. The maximum Gasteiger partial charge on any atom is 0.238 e. The Morgan fingerprint density at radius 1 is 1.39 bits per heavy atom. The molecule has 0 saturated heterocycles. The second-order valence-electron chi connectivity index (χ2n) is 5.30. The van der Waals surface area contributed by atoms with Gasteiger partial charge in [-0.25, -0.2) is 4.68 Å². The van der Waals surface area contributed by atoms with E-state index in [1.54, 1.807) is 16.9 Å². The lowest BCUT2D eigenvalue weighted by atomic mass is 10.4. The van der Waals surface area contributed by atoms with E-state index in [4.69, 9.17) is 0 Å². The summed E-state index contributed by atoms with van der Waals surface area (Å²) in [7, 11) is 0. The van der Waals surface area contributed by atoms with E-state index in [-0.39, 0.29) is 17.2 Å². The van der Waals surface area contributed by atoms with Crippen LogP contribution < -0.4 is 10.6 Å². The van der Waals surface area contributed by atoms with Crippen molar-refractivity contribution in [3.05, 3.63) is 12.3 Å². The van der Waals surface area contributed by atoms with Crippen molar-refractivity contribution in [1.82, 2.24) is 20.0 Å². The van der Waals surface area contributed by atoms with Gasteiger partial charge in [0.25, 0.3) is 0 Å². The molecule has 2 rings (SSSR count). The molecule has 0 fully saturated rings. The summed E-state index contributed by atoms with van der Waals surface area (Å²) in [5.74, 6) is 0.635. The number of aromatic nitrogens is 4. The van der Waals surface area contributed by atoms with Crippen LogP contribution in [0.25, 0.3) is 0 Å². The fraction of sp³-hybridized carbons (Fsp3) is 0.571. The summed E-state index contributed by atoms with van der Waals surface area (Å²) in [6.45, 7) is 8.86. The molecule has 0 radical (unpaired) electrons. The maximum absolute atomic E-state index is 12.3. The van der Waals surface area contributed by atoms with E-state index >= 15 is 0 Å². The number of hydrogen-bond acceptors (Lipinski definition) is 7. The Kier molecular flexibility index (Phi) is 6.40. The minimum Gasteiger partial charge on any atom is -0.360 e. The molecule has 0 aliphatic rings. The summed E-state index contributed by atoms with van der Waals surface area (Å²) in [5, 5.41) is 19.0. The van der Waals surface area contributed by atoms with Gasteiger partial charge < -0.3 is 10.6 Å². The topological polar surface area (TPSA) is 84.7 Å². The van der Waals surface area contributed by atoms with Gasteiger partial charge in [0, 0.05) is 18.7 Å². The summed E-state index contributed by atoms with van der Waals surface area (Å²) in [6.07, 6.45) is 2.72. The first-order chi connectivity index (χ1) is 11.0. The van der Waals surface area contributed by atoms with Gasteiger partial charge in [0.15, 0.2) is 4.34 Å². The average molecular weight is 355 g/mol. The molecule has 0 bridgehead atoms. The lowest BCUT2D eigenvalue weighted by Gasteiger charge is -2.14. The van der Waals surface area contributed by atoms with Gasteiger partial charge in [-0.15, -0.1) is 10.2 Å². The van der Waals surface area contributed by atoms with Crippen molar-refractivity contribution in [2.45, 2.75) is 49.7 Å². The van der Waals surface area contributed by atoms with Gasteiger partial charge in [-0.3, -0.25) is 4.79 Å². The molecule has 2 aromatic rings. The lowest BCUT2D eigenvalue weighted by Crippen LogP contribution is -2.24. The highest BCUT2D eigenvalue weighted by atomic mass is 32.2. The third-order valence-electron chi connectivity index (χ3n) is 2.99. The summed E-state index contributed by atoms with van der Waals surface area (Å²) < 4.78 is 2.57. The van der Waals surface area contributed by atoms with Crippen LogP contribution in [0.4, 0.5) is 10.9 Å². The molecule has 0 aromatic carbocycles. The van der Waals surface area contributed by atoms with Crippen LogP contribution in [0.15, 0.2) is 16.6 Å². The Hall–Kier alpha value is -1.61. The number of nitrogens with zero attached hydrogens (tertiary/aromatic N) is 4. The predicted octanol–water partition coefficient (Wildman–Crippen LogP) is 3.26. The number of rotatable bonds is 8. The van der Waals surface area contributed by atoms with Crippen LogP contribution >= 0.6 is 23.1 Å². The molecule has 0 spiro atoms. The Balaban J connectivity index is 1.92. The minimum absolute atomic E-state index is 0.0735. The zero-order valence-electron chi connectivity index (χ0n) is 13.7. The van der Waals surface area contributed by atoms with Gasteiger partial charge in [-0.1, -0.05) is 30.0 Å². The van der Waals surface area contributed by atoms with Gasteiger partial charge in [0.05, 0.1) is 11.4 Å². The quantitative estimate of drug-likeness (QED) is 0.708. The molecule has 2 aromatic heterocycles. The van der Waals surface area contributed by atoms with Crippen LogP contribution in [-0.4, -0.2) is 37.7 Å². The predicted molar refractivity (Wildman–Crippen MR) is 95.3 cm³/mol. The first-order valence-electron chi connectivity index (χ1n) is 7.59. The molecule has 2 heterocycles. The van der Waals surface area contributed by atoms with Crippen molar-refractivity contribution in [2.75, 3.05) is 17.2 Å². The summed E-state index contributed by atoms with van der Waals surface area (Å²) in [6, 6.07) is 1.99. The van der Waals surface area contributed by atoms with Crippen LogP contribution in [-0.2, 0) is 4.79 Å². The van der Waals surface area contributed by atoms with Gasteiger partial charge in [0.2, 0.25) is 11.0 Å². The average Bonchev–Trinajstić information content (AvgIpc) is 3.14. The number of carbonyl (C=O) groups excluding carboxylic acids is 1. The highest BCUT2D eigenvalue weighted by Gasteiger charge is 2.19. The third kappa shape index (κ3) is 4.93. The van der Waals surface area contributed by atoms with Crippen LogP contribution in [0.5, 0.6) is 0 Å². The van der Waals surface area contributed by atoms with Crippen LogP contribution in [0.1, 0.15) is 40.2 Å². The second kappa shape index (κ2) is 8.30. The molecule has 0 saturated carbocycles. The molecular weight excluding hydrogens is 332 g/mol. The molecule has 0 aliphatic heterocycles. The summed E-state index contributed by atoms with van der Waals surface area (Å²) in [5.41, 5.74) is 0. The first-order valence-corrected chi connectivity index (χ1v) is 9.29. The molecule has 1 atom stereocenters. The number of carbonyl (C=O) groups is 1. The van der Waals surface area contributed by atoms with E-state index in [2.05, 4.69) is 32.9 Å². The van der Waals surface area contributed by atoms with Gasteiger partial charge in [-0.05, 0) is 27.2 Å². The van der Waals surface area contributed by atoms with Crippen LogP contribution in [0.3, 0.4) is 0 Å². The van der Waals surface area contributed by atoms with E-state index in [0.717, 1.165) is 22.4 Å². The molecular formula is C14H22N6OS2. The number of nitrogens with one attached hydrogen (secondary N) is 2. The van der Waals surface area contributed by atoms with E-state index in [1.807, 2.05) is 20.8 Å². The minimum atomic E-state index is -0.266. The van der Waals surface area contributed by atoms with Gasteiger partial charge >= 0.3 is 0 Å². The normalized spacial score (nSPS) is 12.4. The monoisotopic (exact) mass is 354 g/mol. The number of amides is 1. The number of anilines is 2. The van der Waals surface area contributed by atoms with Crippen molar-refractivity contribution >= 4 is 40.0 Å². The Morgan fingerprint density at radius 2 is 2.17 bits per heavy atom. The van der Waals surface area contributed by atoms with E-state index in [1.165, 1.54) is 23.1 Å². The van der Waals surface area contributed by atoms with E-state index < -0.39 is 0 Å². The molecule has 2 N–H and O–H groups in total. The van der Waals surface area contributed by atoms with Gasteiger partial charge in [0.1, 0.15) is 5.82 Å². The molecule has 126 valence electrons. The Bertz CT molecular complexity index is 639. The second-order valence-corrected chi connectivity index (χ2v) is 7.87. The molecule has 1 unspecified atom stereocenters. The summed E-state index contributed by atoms with van der Waals surface area (Å²) in [4.78, 5) is 12.3. The highest BCUT2D eigenvalue weighted by Crippen LogP contribution is 2.29. The Labute approximate surface area is 144 Å². The van der Waals surface area contributed by atoms with Crippen molar-refractivity contribution in [1.29, 1.82) is 0 Å². The van der Waals surface area contributed by atoms with Crippen molar-refractivity contribution in [3.8, 4) is 0 Å². The fourth-order valence-electron chi connectivity index (χ4n) is 1.82. The summed E-state index contributed by atoms with van der Waals surface area (Å²) >= 11 is 2.87. The SMILES string of the molecule is CCCNc1nnc(SC(C)C(=O)Nc2ccnn2C(C)C)s1. The zero-order valence-corrected chi connectivity index (χ0v) is 15.4. The molecule has 9 heteroatoms. The smallest absolute Gasteiger partial charge is 0.238 e. The van der Waals surface area contributed by atoms with Crippen molar-refractivity contribution in [3.63, 3.8) is 0 Å². The molecule has 23 heavy (non-hydrogen) atoms.